The lowest BCUT2D eigenvalue weighted by Crippen LogP contribution is -2.43. The first-order valence-electron chi connectivity index (χ1n) is 5.81. The maximum Gasteiger partial charge on any atom is 0.234 e. The molecule has 0 aromatic rings. The molecule has 0 saturated carbocycles. The Morgan fingerprint density at radius 3 is 2.33 bits per heavy atom. The summed E-state index contributed by atoms with van der Waals surface area (Å²) in [4.78, 5) is 13.5. The number of carbonyl (C=O) groups is 1. The van der Waals surface area contributed by atoms with Gasteiger partial charge in [0.1, 0.15) is 0 Å². The highest BCUT2D eigenvalue weighted by atomic mass is 16.3. The Labute approximate surface area is 92.7 Å². The summed E-state index contributed by atoms with van der Waals surface area (Å²) < 4.78 is 0. The first-order chi connectivity index (χ1) is 7.19. The molecule has 90 valence electrons. The van der Waals surface area contributed by atoms with E-state index in [-0.39, 0.29) is 12.5 Å². The molecular formula is C11H24N2O2. The smallest absolute Gasteiger partial charge is 0.234 e. The van der Waals surface area contributed by atoms with Gasteiger partial charge in [0.2, 0.25) is 5.91 Å². The Kier molecular flexibility index (Phi) is 8.33. The summed E-state index contributed by atoms with van der Waals surface area (Å²) in [5.74, 6) is 0.0397. The van der Waals surface area contributed by atoms with E-state index in [1.165, 1.54) is 0 Å². The SMILES string of the molecule is CCNC(=O)CN(CCO)C(CC)CC. The number of aliphatic hydroxyl groups is 1. The second-order valence-corrected chi connectivity index (χ2v) is 3.62. The Hall–Kier alpha value is -0.610. The van der Waals surface area contributed by atoms with Crippen LogP contribution in [0.4, 0.5) is 0 Å². The van der Waals surface area contributed by atoms with Crippen molar-refractivity contribution in [1.29, 1.82) is 0 Å². The number of aliphatic hydroxyl groups excluding tert-OH is 1. The average molecular weight is 216 g/mol. The molecule has 0 aromatic carbocycles. The van der Waals surface area contributed by atoms with E-state index in [0.29, 0.717) is 25.7 Å². The zero-order valence-electron chi connectivity index (χ0n) is 10.1. The minimum Gasteiger partial charge on any atom is -0.395 e. The molecule has 0 aliphatic rings. The monoisotopic (exact) mass is 216 g/mol. The number of carbonyl (C=O) groups excluding carboxylic acids is 1. The molecule has 0 aromatic heterocycles. The van der Waals surface area contributed by atoms with Crippen LogP contribution in [0.3, 0.4) is 0 Å². The number of hydrogen-bond acceptors (Lipinski definition) is 3. The lowest BCUT2D eigenvalue weighted by molar-refractivity contribution is -0.122. The molecule has 4 nitrogen and oxygen atoms in total. The van der Waals surface area contributed by atoms with Crippen LogP contribution in [0.15, 0.2) is 0 Å². The van der Waals surface area contributed by atoms with Crippen LogP contribution in [0.1, 0.15) is 33.6 Å². The number of amides is 1. The third-order valence-electron chi connectivity index (χ3n) is 2.57. The highest BCUT2D eigenvalue weighted by molar-refractivity contribution is 5.77. The molecule has 0 bridgehead atoms. The van der Waals surface area contributed by atoms with E-state index in [4.69, 9.17) is 5.11 Å². The minimum absolute atomic E-state index is 0.0397. The quantitative estimate of drug-likeness (QED) is 0.625. The van der Waals surface area contributed by atoms with Gasteiger partial charge >= 0.3 is 0 Å². The number of nitrogens with one attached hydrogen (secondary N) is 1. The van der Waals surface area contributed by atoms with Crippen LogP contribution in [0.25, 0.3) is 0 Å². The maximum atomic E-state index is 11.4. The fourth-order valence-corrected chi connectivity index (χ4v) is 1.76. The average Bonchev–Trinajstić information content (AvgIpc) is 2.20. The highest BCUT2D eigenvalue weighted by Crippen LogP contribution is 2.07. The van der Waals surface area contributed by atoms with Crippen LogP contribution < -0.4 is 5.32 Å². The van der Waals surface area contributed by atoms with E-state index in [2.05, 4.69) is 19.2 Å². The van der Waals surface area contributed by atoms with E-state index in [1.807, 2.05) is 11.8 Å². The Morgan fingerprint density at radius 2 is 1.93 bits per heavy atom. The molecule has 4 heteroatoms. The molecular weight excluding hydrogens is 192 g/mol. The third-order valence-corrected chi connectivity index (χ3v) is 2.57. The fourth-order valence-electron chi connectivity index (χ4n) is 1.76. The van der Waals surface area contributed by atoms with E-state index in [0.717, 1.165) is 12.8 Å². The van der Waals surface area contributed by atoms with Gasteiger partial charge in [-0.2, -0.15) is 0 Å². The van der Waals surface area contributed by atoms with Crippen molar-refractivity contribution < 1.29 is 9.90 Å². The second kappa shape index (κ2) is 8.68. The number of rotatable bonds is 8. The van der Waals surface area contributed by atoms with E-state index >= 15 is 0 Å². The molecule has 0 aliphatic carbocycles. The molecule has 1 amide bonds. The summed E-state index contributed by atoms with van der Waals surface area (Å²) in [5.41, 5.74) is 0. The van der Waals surface area contributed by atoms with Crippen molar-refractivity contribution in [1.82, 2.24) is 10.2 Å². The van der Waals surface area contributed by atoms with E-state index < -0.39 is 0 Å². The predicted octanol–water partition coefficient (Wildman–Crippen LogP) is 0.605. The van der Waals surface area contributed by atoms with Gasteiger partial charge in [-0.1, -0.05) is 13.8 Å². The molecule has 0 heterocycles. The minimum atomic E-state index is 0.0397. The highest BCUT2D eigenvalue weighted by Gasteiger charge is 2.16. The van der Waals surface area contributed by atoms with Gasteiger partial charge in [-0.3, -0.25) is 9.69 Å². The van der Waals surface area contributed by atoms with Gasteiger partial charge in [-0.15, -0.1) is 0 Å². The van der Waals surface area contributed by atoms with Crippen molar-refractivity contribution in [2.24, 2.45) is 0 Å². The fraction of sp³-hybridized carbons (Fsp3) is 0.909. The van der Waals surface area contributed by atoms with Gasteiger partial charge < -0.3 is 10.4 Å². The second-order valence-electron chi connectivity index (χ2n) is 3.62. The van der Waals surface area contributed by atoms with Gasteiger partial charge in [0, 0.05) is 19.1 Å². The topological polar surface area (TPSA) is 52.6 Å². The Bertz CT molecular complexity index is 170. The molecule has 0 unspecified atom stereocenters. The lowest BCUT2D eigenvalue weighted by Gasteiger charge is -2.28. The molecule has 0 spiro atoms. The van der Waals surface area contributed by atoms with Crippen LogP contribution in [0.2, 0.25) is 0 Å². The zero-order chi connectivity index (χ0) is 11.7. The molecule has 2 N–H and O–H groups in total. The molecule has 15 heavy (non-hydrogen) atoms. The van der Waals surface area contributed by atoms with Crippen LogP contribution in [-0.4, -0.2) is 48.2 Å². The van der Waals surface area contributed by atoms with E-state index in [1.54, 1.807) is 0 Å². The third kappa shape index (κ3) is 5.74. The number of nitrogens with zero attached hydrogens (tertiary/aromatic N) is 1. The van der Waals surface area contributed by atoms with Gasteiger partial charge in [-0.25, -0.2) is 0 Å². The number of likely N-dealkylation sites (N-methyl/N-ethyl adjacent to an activating group) is 1. The first kappa shape index (κ1) is 14.4. The standard InChI is InChI=1S/C11H24N2O2/c1-4-10(5-2)13(7-8-14)9-11(15)12-6-3/h10,14H,4-9H2,1-3H3,(H,12,15). The van der Waals surface area contributed by atoms with Crippen LogP contribution >= 0.6 is 0 Å². The van der Waals surface area contributed by atoms with Crippen molar-refractivity contribution in [3.8, 4) is 0 Å². The predicted molar refractivity (Wildman–Crippen MR) is 61.7 cm³/mol. The molecule has 0 saturated heterocycles. The molecule has 0 rings (SSSR count). The lowest BCUT2D eigenvalue weighted by atomic mass is 10.1. The van der Waals surface area contributed by atoms with Crippen molar-refractivity contribution in [2.75, 3.05) is 26.2 Å². The van der Waals surface area contributed by atoms with Crippen molar-refractivity contribution in [2.45, 2.75) is 39.7 Å². The summed E-state index contributed by atoms with van der Waals surface area (Å²) >= 11 is 0. The molecule has 0 atom stereocenters. The summed E-state index contributed by atoms with van der Waals surface area (Å²) in [7, 11) is 0. The van der Waals surface area contributed by atoms with Crippen molar-refractivity contribution in [3.05, 3.63) is 0 Å². The number of hydrogen-bond donors (Lipinski definition) is 2. The van der Waals surface area contributed by atoms with Gasteiger partial charge in [0.05, 0.1) is 13.2 Å². The van der Waals surface area contributed by atoms with Gasteiger partial charge in [-0.05, 0) is 19.8 Å². The largest absolute Gasteiger partial charge is 0.395 e. The normalized spacial score (nSPS) is 11.1. The molecule has 0 radical (unpaired) electrons. The van der Waals surface area contributed by atoms with Crippen molar-refractivity contribution in [3.63, 3.8) is 0 Å². The summed E-state index contributed by atoms with van der Waals surface area (Å²) in [6, 6.07) is 0.389. The molecule has 0 aliphatic heterocycles. The molecule has 0 fully saturated rings. The summed E-state index contributed by atoms with van der Waals surface area (Å²) in [6.07, 6.45) is 2.02. The Balaban J connectivity index is 4.18. The zero-order valence-corrected chi connectivity index (χ0v) is 10.1. The van der Waals surface area contributed by atoms with Gasteiger partial charge in [0.15, 0.2) is 0 Å². The van der Waals surface area contributed by atoms with E-state index in [9.17, 15) is 4.79 Å². The van der Waals surface area contributed by atoms with Crippen molar-refractivity contribution >= 4 is 5.91 Å². The maximum absolute atomic E-state index is 11.4. The van der Waals surface area contributed by atoms with Crippen LogP contribution in [0.5, 0.6) is 0 Å². The summed E-state index contributed by atoms with van der Waals surface area (Å²) in [6.45, 7) is 7.85. The Morgan fingerprint density at radius 1 is 1.33 bits per heavy atom. The van der Waals surface area contributed by atoms with Crippen LogP contribution in [-0.2, 0) is 4.79 Å². The first-order valence-corrected chi connectivity index (χ1v) is 5.81. The van der Waals surface area contributed by atoms with Gasteiger partial charge in [0.25, 0.3) is 0 Å². The summed E-state index contributed by atoms with van der Waals surface area (Å²) in [5, 5.41) is 11.7. The van der Waals surface area contributed by atoms with Crippen LogP contribution in [0, 0.1) is 0 Å².